The number of allylic oxidation sites excluding steroid dienone is 5. The van der Waals surface area contributed by atoms with E-state index < -0.39 is 37.8 Å². The van der Waals surface area contributed by atoms with Crippen molar-refractivity contribution in [1.82, 2.24) is 0 Å². The number of hydrogen-bond donors (Lipinski definition) is 0. The van der Waals surface area contributed by atoms with E-state index in [1.165, 1.54) is 23.5 Å². The van der Waals surface area contributed by atoms with Gasteiger partial charge in [0, 0.05) is 52.1 Å². The predicted octanol–water partition coefficient (Wildman–Crippen LogP) is 6.63. The number of nitro benzene ring substituents is 3. The zero-order valence-corrected chi connectivity index (χ0v) is 26.4. The fourth-order valence-electron chi connectivity index (χ4n) is 5.21. The molecule has 0 N–H and O–H groups in total. The van der Waals surface area contributed by atoms with Gasteiger partial charge in [-0.3, -0.25) is 30.3 Å². The maximum absolute atomic E-state index is 13.5. The van der Waals surface area contributed by atoms with Crippen LogP contribution in [0.3, 0.4) is 0 Å². The third-order valence-corrected chi connectivity index (χ3v) is 8.35. The molecular weight excluding hydrogens is 646 g/mol. The van der Waals surface area contributed by atoms with Crippen LogP contribution in [0.2, 0.25) is 0 Å². The van der Waals surface area contributed by atoms with Crippen LogP contribution in [-0.2, 0) is 18.9 Å². The summed E-state index contributed by atoms with van der Waals surface area (Å²) in [6.45, 7) is 1.10. The van der Waals surface area contributed by atoms with Crippen molar-refractivity contribution >= 4 is 52.1 Å². The zero-order chi connectivity index (χ0) is 34.2. The van der Waals surface area contributed by atoms with Gasteiger partial charge in [0.15, 0.2) is 0 Å². The highest BCUT2D eigenvalue weighted by molar-refractivity contribution is 7.13. The predicted molar refractivity (Wildman–Crippen MR) is 178 cm³/mol. The number of non-ortho nitro benzene ring substituents is 2. The van der Waals surface area contributed by atoms with Crippen molar-refractivity contribution in [3.05, 3.63) is 124 Å². The Kier molecular flexibility index (Phi) is 11.0. The number of nitro groups is 3. The lowest BCUT2D eigenvalue weighted by Gasteiger charge is -2.11. The van der Waals surface area contributed by atoms with Crippen molar-refractivity contribution in [3.8, 4) is 11.1 Å². The molecule has 3 aromatic rings. The molecule has 1 heterocycles. The Hall–Kier alpha value is -5.35. The van der Waals surface area contributed by atoms with E-state index in [1.54, 1.807) is 19.3 Å². The van der Waals surface area contributed by atoms with Crippen molar-refractivity contribution in [2.45, 2.75) is 0 Å². The Morgan fingerprint density at radius 3 is 2.04 bits per heavy atom. The number of fused-ring (bicyclic) bond motifs is 3. The number of carbonyl (C=O) groups is 1. The highest BCUT2D eigenvalue weighted by atomic mass is 32.1. The normalized spacial score (nSPS) is 14.1. The second kappa shape index (κ2) is 15.5. The smallest absolute Gasteiger partial charge is 0.339 e. The van der Waals surface area contributed by atoms with Gasteiger partial charge in [0.05, 0.1) is 65.0 Å². The Bertz CT molecular complexity index is 1860. The summed E-state index contributed by atoms with van der Waals surface area (Å²) in [6.07, 6.45) is 13.6. The maximum atomic E-state index is 13.5. The van der Waals surface area contributed by atoms with Crippen LogP contribution in [0, 0.1) is 36.3 Å². The summed E-state index contributed by atoms with van der Waals surface area (Å²) in [5, 5.41) is 36.2. The van der Waals surface area contributed by atoms with Gasteiger partial charge >= 0.3 is 5.97 Å². The first-order valence-corrected chi connectivity index (χ1v) is 15.5. The zero-order valence-electron chi connectivity index (χ0n) is 25.6. The van der Waals surface area contributed by atoms with Crippen LogP contribution >= 0.6 is 11.3 Å². The molecule has 14 nitrogen and oxygen atoms in total. The van der Waals surface area contributed by atoms with E-state index in [0.717, 1.165) is 17.0 Å². The van der Waals surface area contributed by atoms with Gasteiger partial charge in [-0.15, -0.1) is 11.3 Å². The van der Waals surface area contributed by atoms with Crippen LogP contribution in [0.5, 0.6) is 0 Å². The fraction of sp³-hybridized carbons (Fsp3) is 0.242. The molecule has 0 saturated carbocycles. The van der Waals surface area contributed by atoms with Gasteiger partial charge in [-0.05, 0) is 35.4 Å². The molecule has 15 heteroatoms. The molecule has 0 bridgehead atoms. The average molecular weight is 676 g/mol. The molecule has 0 radical (unpaired) electrons. The third kappa shape index (κ3) is 7.78. The number of rotatable bonds is 16. The summed E-state index contributed by atoms with van der Waals surface area (Å²) in [6, 6.07) is 7.84. The second-order valence-electron chi connectivity index (χ2n) is 10.4. The van der Waals surface area contributed by atoms with Crippen molar-refractivity contribution in [2.75, 3.05) is 46.8 Å². The van der Waals surface area contributed by atoms with E-state index in [4.69, 9.17) is 18.9 Å². The van der Waals surface area contributed by atoms with Gasteiger partial charge in [0.2, 0.25) is 0 Å². The summed E-state index contributed by atoms with van der Waals surface area (Å²) in [7, 11) is 1.55. The van der Waals surface area contributed by atoms with Gasteiger partial charge in [-0.25, -0.2) is 4.79 Å². The first-order chi connectivity index (χ1) is 23.2. The number of benzene rings is 2. The van der Waals surface area contributed by atoms with E-state index in [0.29, 0.717) is 18.1 Å². The Morgan fingerprint density at radius 1 is 0.792 bits per heavy atom. The van der Waals surface area contributed by atoms with Crippen molar-refractivity contribution < 1.29 is 38.5 Å². The monoisotopic (exact) mass is 675 g/mol. The lowest BCUT2D eigenvalue weighted by molar-refractivity contribution is -0.393. The molecule has 248 valence electrons. The minimum Gasteiger partial charge on any atom is -0.460 e. The largest absolute Gasteiger partial charge is 0.460 e. The molecular formula is C33H29N3O11S. The summed E-state index contributed by atoms with van der Waals surface area (Å²) >= 11 is 1.38. The number of nitrogens with zero attached hydrogens (tertiary/aromatic N) is 3. The van der Waals surface area contributed by atoms with E-state index in [1.807, 2.05) is 42.5 Å². The van der Waals surface area contributed by atoms with Gasteiger partial charge in [0.1, 0.15) is 6.61 Å². The van der Waals surface area contributed by atoms with Crippen LogP contribution in [-0.4, -0.2) is 67.5 Å². The van der Waals surface area contributed by atoms with E-state index in [9.17, 15) is 35.1 Å². The standard InChI is InChI=1S/C33H29N3O11S/c1-44-10-11-45-12-13-46-14-15-47-33(37)29-18-22(34(38)39)16-27-26(20-25-9-8-24(48-25)7-6-21-4-2-3-5-21)28-17-23(35(40)41)19-30(36(42)43)32(28)31(27)29/h2-9,16-21H,10-15H2,1H3/b7-6+,26-20-. The van der Waals surface area contributed by atoms with Crippen molar-refractivity contribution in [1.29, 1.82) is 0 Å². The number of methoxy groups -OCH3 is 1. The van der Waals surface area contributed by atoms with E-state index in [2.05, 4.69) is 0 Å². The summed E-state index contributed by atoms with van der Waals surface area (Å²) in [5.41, 5.74) is -1.53. The first-order valence-electron chi connectivity index (χ1n) is 14.6. The Morgan fingerprint density at radius 2 is 1.40 bits per heavy atom. The van der Waals surface area contributed by atoms with Crippen LogP contribution in [0.25, 0.3) is 28.9 Å². The lowest BCUT2D eigenvalue weighted by atomic mass is 9.97. The molecule has 0 fully saturated rings. The van der Waals surface area contributed by atoms with Crippen molar-refractivity contribution in [2.24, 2.45) is 5.92 Å². The summed E-state index contributed by atoms with van der Waals surface area (Å²) < 4.78 is 21.0. The average Bonchev–Trinajstić information content (AvgIpc) is 3.82. The summed E-state index contributed by atoms with van der Waals surface area (Å²) in [4.78, 5) is 48.9. The molecule has 0 aliphatic heterocycles. The Balaban J connectivity index is 1.54. The fourth-order valence-corrected chi connectivity index (χ4v) is 6.08. The topological polar surface area (TPSA) is 183 Å². The summed E-state index contributed by atoms with van der Waals surface area (Å²) in [5.74, 6) is -0.817. The van der Waals surface area contributed by atoms with E-state index >= 15 is 0 Å². The minimum absolute atomic E-state index is 0.00689. The van der Waals surface area contributed by atoms with Gasteiger partial charge in [-0.1, -0.05) is 30.4 Å². The van der Waals surface area contributed by atoms with Crippen LogP contribution in [0.15, 0.2) is 66.8 Å². The van der Waals surface area contributed by atoms with Gasteiger partial charge in [-0.2, -0.15) is 0 Å². The van der Waals surface area contributed by atoms with Crippen molar-refractivity contribution in [3.63, 3.8) is 0 Å². The number of esters is 1. The number of hydrogen-bond acceptors (Lipinski definition) is 12. The second-order valence-corrected chi connectivity index (χ2v) is 11.6. The molecule has 0 unspecified atom stereocenters. The van der Waals surface area contributed by atoms with Crippen LogP contribution in [0.4, 0.5) is 17.1 Å². The molecule has 0 saturated heterocycles. The molecule has 2 aromatic carbocycles. The first kappa shape index (κ1) is 34.0. The number of thiophene rings is 1. The molecule has 5 rings (SSSR count). The van der Waals surface area contributed by atoms with Crippen LogP contribution in [0.1, 0.15) is 31.2 Å². The van der Waals surface area contributed by atoms with Gasteiger partial charge in [0.25, 0.3) is 17.1 Å². The number of carbonyl (C=O) groups excluding carboxylic acids is 1. The van der Waals surface area contributed by atoms with Gasteiger partial charge < -0.3 is 18.9 Å². The molecule has 1 aromatic heterocycles. The maximum Gasteiger partial charge on any atom is 0.339 e. The highest BCUT2D eigenvalue weighted by Gasteiger charge is 2.38. The Labute approximate surface area is 277 Å². The molecule has 2 aliphatic rings. The molecule has 48 heavy (non-hydrogen) atoms. The molecule has 0 amide bonds. The SMILES string of the molecule is COCCOCCOCCOC(=O)c1cc([N+](=O)[O-])cc2c1-c1c(cc([N+](=O)[O-])cc1[N+](=O)[O-])/C2=C\c1ccc(/C=C/C2C=CC=C2)s1. The highest BCUT2D eigenvalue weighted by Crippen LogP contribution is 2.53. The number of ether oxygens (including phenoxy) is 4. The molecule has 2 aliphatic carbocycles. The molecule has 0 spiro atoms. The molecule has 0 atom stereocenters. The van der Waals surface area contributed by atoms with Crippen LogP contribution < -0.4 is 0 Å². The lowest BCUT2D eigenvalue weighted by Crippen LogP contribution is -2.15. The van der Waals surface area contributed by atoms with E-state index in [-0.39, 0.29) is 65.7 Å². The quantitative estimate of drug-likeness (QED) is 0.0537. The third-order valence-electron chi connectivity index (χ3n) is 7.35. The minimum atomic E-state index is -0.978.